The summed E-state index contributed by atoms with van der Waals surface area (Å²) in [6, 6.07) is 14.9. The molecule has 0 atom stereocenters. The number of ether oxygens (including phenoxy) is 1. The highest BCUT2D eigenvalue weighted by Crippen LogP contribution is 2.36. The molecule has 3 rings (SSSR count). The quantitative estimate of drug-likeness (QED) is 0.677. The van der Waals surface area contributed by atoms with Gasteiger partial charge in [0.1, 0.15) is 16.3 Å². The Morgan fingerprint density at radius 3 is 2.38 bits per heavy atom. The van der Waals surface area contributed by atoms with Gasteiger partial charge in [0.15, 0.2) is 9.84 Å². The Morgan fingerprint density at radius 1 is 1.04 bits per heavy atom. The van der Waals surface area contributed by atoms with Crippen molar-refractivity contribution < 1.29 is 22.7 Å². The van der Waals surface area contributed by atoms with E-state index in [4.69, 9.17) is 4.74 Å². The van der Waals surface area contributed by atoms with Crippen LogP contribution in [-0.4, -0.2) is 33.2 Å². The molecule has 0 aliphatic heterocycles. The lowest BCUT2D eigenvalue weighted by molar-refractivity contribution is -0.113. The third kappa shape index (κ3) is 3.61. The van der Waals surface area contributed by atoms with Crippen LogP contribution in [0, 0.1) is 0 Å². The molecule has 0 fully saturated rings. The Balaban J connectivity index is 1.89. The van der Waals surface area contributed by atoms with Crippen LogP contribution >= 0.6 is 11.3 Å². The molecule has 1 N–H and O–H groups in total. The van der Waals surface area contributed by atoms with Crippen molar-refractivity contribution in [3.05, 3.63) is 60.2 Å². The van der Waals surface area contributed by atoms with Gasteiger partial charge in [-0.05, 0) is 18.2 Å². The van der Waals surface area contributed by atoms with Crippen molar-refractivity contribution in [3.63, 3.8) is 0 Å². The molecule has 0 spiro atoms. The first-order valence-corrected chi connectivity index (χ1v) is 10.1. The molecule has 1 amide bonds. The average Bonchev–Trinajstić information content (AvgIpc) is 2.99. The lowest BCUT2D eigenvalue weighted by Crippen LogP contribution is -2.23. The summed E-state index contributed by atoms with van der Waals surface area (Å²) >= 11 is 1.19. The molecule has 134 valence electrons. The zero-order valence-corrected chi connectivity index (χ0v) is 15.4. The molecule has 0 saturated carbocycles. The highest BCUT2D eigenvalue weighted by Gasteiger charge is 2.24. The minimum Gasteiger partial charge on any atom is -0.465 e. The van der Waals surface area contributed by atoms with Gasteiger partial charge in [-0.2, -0.15) is 0 Å². The maximum Gasteiger partial charge on any atom is 0.341 e. The van der Waals surface area contributed by atoms with Gasteiger partial charge in [0.2, 0.25) is 5.91 Å². The summed E-state index contributed by atoms with van der Waals surface area (Å²) in [4.78, 5) is 24.5. The van der Waals surface area contributed by atoms with Gasteiger partial charge in [0, 0.05) is 10.1 Å². The minimum atomic E-state index is -3.77. The zero-order valence-electron chi connectivity index (χ0n) is 13.8. The van der Waals surface area contributed by atoms with E-state index in [1.54, 1.807) is 30.3 Å². The maximum absolute atomic E-state index is 12.3. The summed E-state index contributed by atoms with van der Waals surface area (Å²) in [5, 5.41) is 3.45. The van der Waals surface area contributed by atoms with Crippen LogP contribution < -0.4 is 5.32 Å². The normalized spacial score (nSPS) is 11.3. The number of hydrogen-bond donors (Lipinski definition) is 1. The molecule has 26 heavy (non-hydrogen) atoms. The zero-order chi connectivity index (χ0) is 18.7. The summed E-state index contributed by atoms with van der Waals surface area (Å²) in [6.45, 7) is 0. The van der Waals surface area contributed by atoms with Crippen LogP contribution in [0.25, 0.3) is 10.1 Å². The van der Waals surface area contributed by atoms with Crippen LogP contribution in [0.3, 0.4) is 0 Å². The van der Waals surface area contributed by atoms with Crippen molar-refractivity contribution in [2.45, 2.75) is 4.90 Å². The SMILES string of the molecule is COC(=O)c1c(NC(=O)CS(=O)(=O)c2ccccc2)sc2ccccc12. The van der Waals surface area contributed by atoms with Gasteiger partial charge in [0.25, 0.3) is 0 Å². The summed E-state index contributed by atoms with van der Waals surface area (Å²) in [5.74, 6) is -2.03. The van der Waals surface area contributed by atoms with Crippen LogP contribution in [-0.2, 0) is 19.4 Å². The summed E-state index contributed by atoms with van der Waals surface area (Å²) in [6.07, 6.45) is 0. The lowest BCUT2D eigenvalue weighted by atomic mass is 10.1. The van der Waals surface area contributed by atoms with Gasteiger partial charge in [0.05, 0.1) is 12.0 Å². The first-order valence-electron chi connectivity index (χ1n) is 7.60. The van der Waals surface area contributed by atoms with Gasteiger partial charge in [-0.1, -0.05) is 36.4 Å². The third-order valence-electron chi connectivity index (χ3n) is 3.66. The fourth-order valence-electron chi connectivity index (χ4n) is 2.48. The van der Waals surface area contributed by atoms with Crippen LogP contribution in [0.5, 0.6) is 0 Å². The number of fused-ring (bicyclic) bond motifs is 1. The van der Waals surface area contributed by atoms with Crippen molar-refractivity contribution in [2.24, 2.45) is 0 Å². The molecule has 3 aromatic rings. The average molecular weight is 389 g/mol. The predicted octanol–water partition coefficient (Wildman–Crippen LogP) is 3.10. The first kappa shape index (κ1) is 18.1. The number of esters is 1. The second-order valence-corrected chi connectivity index (χ2v) is 8.46. The Labute approximate surface area is 154 Å². The van der Waals surface area contributed by atoms with Crippen LogP contribution in [0.15, 0.2) is 59.5 Å². The molecule has 1 aromatic heterocycles. The number of carbonyl (C=O) groups is 2. The fraction of sp³-hybridized carbons (Fsp3) is 0.111. The molecule has 2 aromatic carbocycles. The second-order valence-electron chi connectivity index (χ2n) is 5.41. The van der Waals surface area contributed by atoms with Gasteiger partial charge in [-0.25, -0.2) is 13.2 Å². The van der Waals surface area contributed by atoms with Gasteiger partial charge in [-0.15, -0.1) is 11.3 Å². The number of nitrogens with one attached hydrogen (secondary N) is 1. The number of sulfone groups is 1. The number of amides is 1. The molecule has 0 unspecified atom stereocenters. The molecule has 8 heteroatoms. The van der Waals surface area contributed by atoms with Crippen molar-refractivity contribution in [2.75, 3.05) is 18.2 Å². The number of carbonyl (C=O) groups excluding carboxylic acids is 2. The first-order chi connectivity index (χ1) is 12.4. The monoisotopic (exact) mass is 389 g/mol. The maximum atomic E-state index is 12.3. The molecule has 0 aliphatic carbocycles. The number of benzene rings is 2. The third-order valence-corrected chi connectivity index (χ3v) is 6.38. The van der Waals surface area contributed by atoms with E-state index in [9.17, 15) is 18.0 Å². The number of rotatable bonds is 5. The van der Waals surface area contributed by atoms with Gasteiger partial charge >= 0.3 is 5.97 Å². The van der Waals surface area contributed by atoms with Crippen molar-refractivity contribution in [1.29, 1.82) is 0 Å². The Kier molecular flexibility index (Phi) is 5.06. The summed E-state index contributed by atoms with van der Waals surface area (Å²) in [7, 11) is -2.52. The van der Waals surface area contributed by atoms with Gasteiger partial charge < -0.3 is 10.1 Å². The van der Waals surface area contributed by atoms with E-state index in [-0.39, 0.29) is 15.5 Å². The number of thiophene rings is 1. The largest absolute Gasteiger partial charge is 0.465 e. The van der Waals surface area contributed by atoms with Crippen molar-refractivity contribution in [1.82, 2.24) is 0 Å². The molecular formula is C18H15NO5S2. The summed E-state index contributed by atoms with van der Waals surface area (Å²) in [5.41, 5.74) is 0.221. The smallest absolute Gasteiger partial charge is 0.341 e. The number of methoxy groups -OCH3 is 1. The van der Waals surface area contributed by atoms with E-state index < -0.39 is 27.5 Å². The minimum absolute atomic E-state index is 0.0692. The van der Waals surface area contributed by atoms with E-state index in [1.165, 1.54) is 30.6 Å². The standard InChI is InChI=1S/C18H15NO5S2/c1-24-18(21)16-13-9-5-6-10-14(13)25-17(16)19-15(20)11-26(22,23)12-7-3-2-4-8-12/h2-10H,11H2,1H3,(H,19,20). The van der Waals surface area contributed by atoms with E-state index in [0.29, 0.717) is 5.39 Å². The molecular weight excluding hydrogens is 374 g/mol. The lowest BCUT2D eigenvalue weighted by Gasteiger charge is -2.07. The molecule has 0 bridgehead atoms. The van der Waals surface area contributed by atoms with E-state index in [2.05, 4.69) is 5.32 Å². The molecule has 0 saturated heterocycles. The van der Waals surface area contributed by atoms with Crippen molar-refractivity contribution >= 4 is 48.1 Å². The number of anilines is 1. The molecule has 1 heterocycles. The van der Waals surface area contributed by atoms with E-state index >= 15 is 0 Å². The van der Waals surface area contributed by atoms with Crippen molar-refractivity contribution in [3.8, 4) is 0 Å². The highest BCUT2D eigenvalue weighted by molar-refractivity contribution is 7.92. The summed E-state index contributed by atoms with van der Waals surface area (Å²) < 4.78 is 30.2. The molecule has 6 nitrogen and oxygen atoms in total. The highest BCUT2D eigenvalue weighted by atomic mass is 32.2. The Hall–Kier alpha value is -2.71. The van der Waals surface area contributed by atoms with Crippen LogP contribution in [0.1, 0.15) is 10.4 Å². The van der Waals surface area contributed by atoms with Crippen LogP contribution in [0.4, 0.5) is 5.00 Å². The van der Waals surface area contributed by atoms with E-state index in [0.717, 1.165) is 4.70 Å². The number of hydrogen-bond acceptors (Lipinski definition) is 6. The fourth-order valence-corrected chi connectivity index (χ4v) is 4.75. The molecule has 0 radical (unpaired) electrons. The Bertz CT molecular complexity index is 1070. The predicted molar refractivity (Wildman–Crippen MR) is 100 cm³/mol. The van der Waals surface area contributed by atoms with E-state index in [1.807, 2.05) is 12.1 Å². The van der Waals surface area contributed by atoms with Crippen LogP contribution in [0.2, 0.25) is 0 Å². The second kappa shape index (κ2) is 7.27. The Morgan fingerprint density at radius 2 is 1.69 bits per heavy atom. The van der Waals surface area contributed by atoms with Gasteiger partial charge in [-0.3, -0.25) is 4.79 Å². The molecule has 0 aliphatic rings. The topological polar surface area (TPSA) is 89.5 Å².